The first-order valence-corrected chi connectivity index (χ1v) is 18.2. The van der Waals surface area contributed by atoms with E-state index in [-0.39, 0.29) is 40.9 Å². The second kappa shape index (κ2) is 15.3. The van der Waals surface area contributed by atoms with E-state index in [1.165, 1.54) is 12.1 Å². The summed E-state index contributed by atoms with van der Waals surface area (Å²) in [7, 11) is 0. The van der Waals surface area contributed by atoms with Crippen LogP contribution in [0.25, 0.3) is 10.9 Å². The number of aryl methyl sites for hydroxylation is 1. The van der Waals surface area contributed by atoms with E-state index < -0.39 is 23.5 Å². The number of piperidine rings is 3. The number of unbranched alkanes of at least 4 members (excludes halogenated alkanes) is 1. The number of hydrogen-bond acceptors (Lipinski definition) is 9. The van der Waals surface area contributed by atoms with Crippen LogP contribution < -0.4 is 21.5 Å². The van der Waals surface area contributed by atoms with Crippen LogP contribution in [0.4, 0.5) is 0 Å². The van der Waals surface area contributed by atoms with Gasteiger partial charge >= 0.3 is 5.97 Å². The van der Waals surface area contributed by atoms with Gasteiger partial charge in [-0.15, -0.1) is 0 Å². The predicted octanol–water partition coefficient (Wildman–Crippen LogP) is 3.28. The minimum atomic E-state index is -1.31. The topological polar surface area (TPSA) is 173 Å². The molecule has 1 aliphatic carbocycles. The van der Waals surface area contributed by atoms with Gasteiger partial charge in [0, 0.05) is 42.2 Å². The third-order valence-electron chi connectivity index (χ3n) is 10.8. The molecule has 2 amide bonds. The Morgan fingerprint density at radius 1 is 0.942 bits per heavy atom. The van der Waals surface area contributed by atoms with Crippen molar-refractivity contribution >= 4 is 28.7 Å². The first kappa shape index (κ1) is 35.4. The van der Waals surface area contributed by atoms with Crippen molar-refractivity contribution in [2.24, 2.45) is 5.92 Å². The van der Waals surface area contributed by atoms with Gasteiger partial charge in [-0.1, -0.05) is 36.4 Å². The summed E-state index contributed by atoms with van der Waals surface area (Å²) in [6, 6.07) is 20.2. The zero-order valence-electron chi connectivity index (χ0n) is 29.0. The van der Waals surface area contributed by atoms with Gasteiger partial charge in [-0.3, -0.25) is 19.3 Å². The van der Waals surface area contributed by atoms with Crippen molar-refractivity contribution < 1.29 is 29.3 Å². The van der Waals surface area contributed by atoms with Gasteiger partial charge in [0.05, 0.1) is 11.6 Å². The number of esters is 1. The van der Waals surface area contributed by atoms with Crippen molar-refractivity contribution in [3.63, 3.8) is 0 Å². The minimum Gasteiger partial charge on any atom is -0.506 e. The first-order chi connectivity index (χ1) is 25.2. The Hall–Kier alpha value is -5.04. The molecule has 3 aromatic carbocycles. The van der Waals surface area contributed by atoms with Gasteiger partial charge in [0.2, 0.25) is 5.56 Å². The van der Waals surface area contributed by atoms with Gasteiger partial charge in [-0.25, -0.2) is 4.79 Å². The summed E-state index contributed by atoms with van der Waals surface area (Å²) in [4.78, 5) is 57.5. The van der Waals surface area contributed by atoms with E-state index in [0.29, 0.717) is 54.8 Å². The molecule has 0 saturated carbocycles. The van der Waals surface area contributed by atoms with Crippen LogP contribution in [-0.2, 0) is 21.5 Å². The zero-order valence-corrected chi connectivity index (χ0v) is 29.0. The molecule has 8 rings (SSSR count). The number of phenols is 1. The number of aromatic hydroxyl groups is 1. The molecule has 52 heavy (non-hydrogen) atoms. The second-order valence-corrected chi connectivity index (χ2v) is 14.1. The maximum absolute atomic E-state index is 14.0. The van der Waals surface area contributed by atoms with Gasteiger partial charge in [-0.2, -0.15) is 0 Å². The minimum absolute atomic E-state index is 0.0612. The third kappa shape index (κ3) is 7.32. The molecule has 2 bridgehead atoms. The zero-order chi connectivity index (χ0) is 36.2. The van der Waals surface area contributed by atoms with Crippen LogP contribution in [-0.4, -0.2) is 83.3 Å². The largest absolute Gasteiger partial charge is 0.506 e. The lowest BCUT2D eigenvalue weighted by molar-refractivity contribution is -0.167. The number of phenolic OH excluding ortho intramolecular Hbond substituents is 1. The highest BCUT2D eigenvalue weighted by Gasteiger charge is 2.50. The maximum atomic E-state index is 14.0. The monoisotopic (exact) mass is 707 g/mol. The first-order valence-electron chi connectivity index (χ1n) is 18.2. The SMILES string of the molecule is O=C(NCCCCNC[C@H](O)c1ccc(O)c2[nH]c(=O)ccc12)c1cccc(C(=O)NC2(C(=O)O[C@H]3CN4CCC3CC4)CCc3ccccc32)c1. The fourth-order valence-corrected chi connectivity index (χ4v) is 7.93. The third-order valence-corrected chi connectivity index (χ3v) is 10.8. The van der Waals surface area contributed by atoms with Crippen molar-refractivity contribution in [3.8, 4) is 5.75 Å². The maximum Gasteiger partial charge on any atom is 0.336 e. The number of aromatic nitrogens is 1. The number of nitrogens with one attached hydrogen (secondary N) is 4. The molecule has 1 aromatic heterocycles. The highest BCUT2D eigenvalue weighted by Crippen LogP contribution is 2.40. The quantitative estimate of drug-likeness (QED) is 0.0901. The molecule has 3 aliphatic heterocycles. The van der Waals surface area contributed by atoms with Crippen molar-refractivity contribution in [2.75, 3.05) is 39.3 Å². The Bertz CT molecular complexity index is 2020. The van der Waals surface area contributed by atoms with Gasteiger partial charge in [-0.05, 0) is 111 Å². The molecule has 4 aromatic rings. The summed E-state index contributed by atoms with van der Waals surface area (Å²) in [5.74, 6) is -0.898. The van der Waals surface area contributed by atoms with Crippen LogP contribution in [0.5, 0.6) is 5.75 Å². The molecule has 3 saturated heterocycles. The standard InChI is InChI=1S/C40H45N5O7/c46-32-12-10-29(30-11-13-35(48)43-36(30)32)33(47)23-41-18-3-4-19-42-37(49)27-7-5-8-28(22-27)38(50)44-40(17-14-25-6-1-2-9-31(25)40)39(51)52-34-24-45-20-15-26(34)16-21-45/h1-2,5-13,22,26,33-34,41,46-47H,3-4,14-21,23-24H2,(H,42,49)(H,43,48)(H,44,50)/t33-,34-,40?/m0/s1. The Balaban J connectivity index is 0.911. The van der Waals surface area contributed by atoms with Crippen molar-refractivity contribution in [1.82, 2.24) is 25.8 Å². The Morgan fingerprint density at radius 3 is 2.50 bits per heavy atom. The van der Waals surface area contributed by atoms with Gasteiger partial charge in [0.1, 0.15) is 11.9 Å². The highest BCUT2D eigenvalue weighted by molar-refractivity contribution is 6.02. The fraction of sp³-hybridized carbons (Fsp3) is 0.400. The molecular weight excluding hydrogens is 662 g/mol. The van der Waals surface area contributed by atoms with Gasteiger partial charge in [0.25, 0.3) is 11.8 Å². The molecule has 6 N–H and O–H groups in total. The van der Waals surface area contributed by atoms with E-state index >= 15 is 0 Å². The number of aliphatic hydroxyl groups excluding tert-OH is 1. The van der Waals surface area contributed by atoms with Crippen LogP contribution in [0.3, 0.4) is 0 Å². The van der Waals surface area contributed by atoms with E-state index in [9.17, 15) is 29.4 Å². The van der Waals surface area contributed by atoms with E-state index in [1.807, 2.05) is 24.3 Å². The predicted molar refractivity (Wildman–Crippen MR) is 195 cm³/mol. The molecule has 0 radical (unpaired) electrons. The van der Waals surface area contributed by atoms with Crippen LogP contribution in [0.15, 0.2) is 77.6 Å². The summed E-state index contributed by atoms with van der Waals surface area (Å²) < 4.78 is 6.21. The summed E-state index contributed by atoms with van der Waals surface area (Å²) in [6.45, 7) is 4.07. The summed E-state index contributed by atoms with van der Waals surface area (Å²) in [6.07, 6.45) is 3.44. The number of fused-ring (bicyclic) bond motifs is 5. The molecule has 3 atom stereocenters. The number of aromatic amines is 1. The number of aliphatic hydroxyl groups is 1. The molecule has 4 heterocycles. The second-order valence-electron chi connectivity index (χ2n) is 14.1. The Labute approximate surface area is 301 Å². The van der Waals surface area contributed by atoms with Crippen LogP contribution in [0.2, 0.25) is 0 Å². The fourth-order valence-electron chi connectivity index (χ4n) is 7.93. The van der Waals surface area contributed by atoms with Crippen molar-refractivity contribution in [1.29, 1.82) is 0 Å². The molecule has 12 heteroatoms. The number of benzene rings is 3. The number of ether oxygens (including phenoxy) is 1. The van der Waals surface area contributed by atoms with Gasteiger partial charge in [0.15, 0.2) is 5.54 Å². The lowest BCUT2D eigenvalue weighted by atomic mass is 9.85. The molecule has 3 fully saturated rings. The van der Waals surface area contributed by atoms with Crippen molar-refractivity contribution in [2.45, 2.75) is 56.3 Å². The number of pyridine rings is 1. The van der Waals surface area contributed by atoms with Crippen LogP contribution >= 0.6 is 0 Å². The average molecular weight is 708 g/mol. The lowest BCUT2D eigenvalue weighted by Crippen LogP contribution is -2.56. The van der Waals surface area contributed by atoms with E-state index in [2.05, 4.69) is 25.8 Å². The smallest absolute Gasteiger partial charge is 0.336 e. The number of hydrogen-bond donors (Lipinski definition) is 6. The number of amides is 2. The van der Waals surface area contributed by atoms with Crippen LogP contribution in [0, 0.1) is 5.92 Å². The number of H-pyrrole nitrogens is 1. The molecule has 272 valence electrons. The normalized spacial score (nSPS) is 22.4. The molecule has 12 nitrogen and oxygen atoms in total. The number of rotatable bonds is 13. The number of nitrogens with zero attached hydrogens (tertiary/aromatic N) is 1. The Kier molecular flexibility index (Phi) is 10.4. The Morgan fingerprint density at radius 2 is 1.71 bits per heavy atom. The number of carbonyl (C=O) groups excluding carboxylic acids is 3. The summed E-state index contributed by atoms with van der Waals surface area (Å²) >= 11 is 0. The lowest BCUT2D eigenvalue weighted by Gasteiger charge is -2.45. The summed E-state index contributed by atoms with van der Waals surface area (Å²) in [5, 5.41) is 30.6. The van der Waals surface area contributed by atoms with E-state index in [0.717, 1.165) is 50.0 Å². The molecule has 4 aliphatic rings. The molecular formula is C40H45N5O7. The summed E-state index contributed by atoms with van der Waals surface area (Å²) in [5.41, 5.74) is 1.63. The molecule has 1 unspecified atom stereocenters. The van der Waals surface area contributed by atoms with Crippen molar-refractivity contribution in [3.05, 3.63) is 111 Å². The highest BCUT2D eigenvalue weighted by atomic mass is 16.5. The van der Waals surface area contributed by atoms with Gasteiger partial charge < -0.3 is 35.9 Å². The average Bonchev–Trinajstić information content (AvgIpc) is 3.54. The van der Waals surface area contributed by atoms with E-state index in [1.54, 1.807) is 36.4 Å². The molecule has 0 spiro atoms. The van der Waals surface area contributed by atoms with E-state index in [4.69, 9.17) is 4.74 Å². The van der Waals surface area contributed by atoms with Crippen LogP contribution in [0.1, 0.15) is 75.6 Å². The number of carbonyl (C=O) groups is 3.